The molecule has 1 saturated carbocycles. The number of carboxylic acid groups (broad SMARTS) is 1. The van der Waals surface area contributed by atoms with Crippen LogP contribution in [0.5, 0.6) is 5.75 Å². The first kappa shape index (κ1) is 40.0. The van der Waals surface area contributed by atoms with Gasteiger partial charge in [-0.25, -0.2) is 22.9 Å². The minimum Gasteiger partial charge on any atom is -0.497 e. The first-order chi connectivity index (χ1) is 25.7. The van der Waals surface area contributed by atoms with Crippen LogP contribution < -0.4 is 25.0 Å². The lowest BCUT2D eigenvalue weighted by atomic mass is 9.82. The fraction of sp³-hybridized carbons (Fsp3) is 0.359. The quantitative estimate of drug-likeness (QED) is 0.0961. The highest BCUT2D eigenvalue weighted by Gasteiger charge is 2.38. The van der Waals surface area contributed by atoms with Gasteiger partial charge in [0.15, 0.2) is 0 Å². The number of para-hydroxylation sites is 1. The number of ether oxygens (including phenoxy) is 1. The number of carboxylic acids is 1. The second-order valence-corrected chi connectivity index (χ2v) is 15.1. The van der Waals surface area contributed by atoms with Gasteiger partial charge in [-0.05, 0) is 85.9 Å². The largest absolute Gasteiger partial charge is 0.497 e. The number of benzene rings is 4. The topological polar surface area (TPSA) is 146 Å². The van der Waals surface area contributed by atoms with Gasteiger partial charge in [-0.3, -0.25) is 0 Å². The first-order valence-electron chi connectivity index (χ1n) is 17.6. The minimum atomic E-state index is -5.08. The van der Waals surface area contributed by atoms with Crippen molar-refractivity contribution in [3.63, 3.8) is 0 Å². The third-order valence-corrected chi connectivity index (χ3v) is 10.9. The summed E-state index contributed by atoms with van der Waals surface area (Å²) in [4.78, 5) is 20.9. The van der Waals surface area contributed by atoms with E-state index in [9.17, 15) is 21.6 Å². The van der Waals surface area contributed by atoms with E-state index in [1.165, 1.54) is 5.56 Å². The second kappa shape index (κ2) is 17.8. The first-order valence-corrected chi connectivity index (χ1v) is 19.1. The third kappa shape index (κ3) is 10.5. The van der Waals surface area contributed by atoms with Gasteiger partial charge in [0.05, 0.1) is 17.5 Å². The Morgan fingerprint density at radius 2 is 1.43 bits per heavy atom. The zero-order valence-electron chi connectivity index (χ0n) is 30.4. The number of halogens is 3. The monoisotopic (exact) mass is 766 g/mol. The van der Waals surface area contributed by atoms with Crippen LogP contribution >= 0.6 is 0 Å². The lowest BCUT2D eigenvalue weighted by Crippen LogP contribution is -2.32. The zero-order valence-corrected chi connectivity index (χ0v) is 31.2. The van der Waals surface area contributed by atoms with E-state index in [0.717, 1.165) is 84.1 Å². The van der Waals surface area contributed by atoms with Gasteiger partial charge in [-0.1, -0.05) is 48.5 Å². The molecule has 0 bridgehead atoms. The minimum absolute atomic E-state index is 0.312. The number of aliphatic carboxylic acids is 1. The molecule has 5 aromatic rings. The number of rotatable bonds is 13. The van der Waals surface area contributed by atoms with E-state index in [-0.39, 0.29) is 0 Å². The molecule has 54 heavy (non-hydrogen) atoms. The van der Waals surface area contributed by atoms with E-state index in [0.29, 0.717) is 29.2 Å². The van der Waals surface area contributed by atoms with Crippen molar-refractivity contribution in [2.24, 2.45) is 11.8 Å². The summed E-state index contributed by atoms with van der Waals surface area (Å²) in [5.74, 6) is 0.337. The fourth-order valence-electron chi connectivity index (χ4n) is 6.47. The number of hydrogen-bond donors (Lipinski definition) is 4. The molecule has 0 radical (unpaired) electrons. The lowest BCUT2D eigenvalue weighted by Gasteiger charge is -2.29. The van der Waals surface area contributed by atoms with E-state index in [4.69, 9.17) is 24.6 Å². The van der Waals surface area contributed by atoms with Crippen LogP contribution in [0.25, 0.3) is 21.7 Å². The molecular weight excluding hydrogens is 722 g/mol. The van der Waals surface area contributed by atoms with E-state index < -0.39 is 22.2 Å². The number of nitrogens with zero attached hydrogens (tertiary/aromatic N) is 3. The molecular formula is C39H45F3N6O5S. The molecule has 1 heterocycles. The Morgan fingerprint density at radius 3 is 2.04 bits per heavy atom. The highest BCUT2D eigenvalue weighted by molar-refractivity contribution is 7.89. The number of alkyl halides is 3. The van der Waals surface area contributed by atoms with Crippen LogP contribution in [-0.2, 0) is 21.2 Å². The predicted octanol–water partition coefficient (Wildman–Crippen LogP) is 7.34. The molecule has 4 aromatic carbocycles. The maximum absolute atomic E-state index is 13.4. The Bertz CT molecular complexity index is 2140. The number of carbonyl (C=O) groups is 1. The van der Waals surface area contributed by atoms with E-state index in [2.05, 4.69) is 27.5 Å². The molecule has 0 unspecified atom stereocenters. The Hall–Kier alpha value is -5.15. The van der Waals surface area contributed by atoms with E-state index in [1.54, 1.807) is 13.2 Å². The van der Waals surface area contributed by atoms with Crippen molar-refractivity contribution in [1.29, 1.82) is 0 Å². The lowest BCUT2D eigenvalue weighted by molar-refractivity contribution is -0.192. The number of fused-ring (bicyclic) bond motifs is 2. The maximum atomic E-state index is 13.4. The van der Waals surface area contributed by atoms with Crippen molar-refractivity contribution in [2.75, 3.05) is 56.4 Å². The summed E-state index contributed by atoms with van der Waals surface area (Å²) in [6, 6.07) is 27.5. The van der Waals surface area contributed by atoms with Crippen LogP contribution in [0.3, 0.4) is 0 Å². The Kier molecular flexibility index (Phi) is 13.2. The number of sulfonamides is 1. The standard InChI is InChI=1S/C37H44N6O3S.C2HF3O2/c1-43(2)34-20-21-35(31-9-5-4-8-30(31)34)47(44,45)40-25-28-14-12-27(13-15-28)24-39-37-41-33-11-7-6-10-32(33)36(42-37)38-23-22-26-16-18-29(46-3)19-17-26;3-2(4,5)1(6)7/h4-11,16-21,27-28,40H,12-15,22-25H2,1-3H3,(H2,38,39,41,42);(H,6,7). The number of hydrogen-bond acceptors (Lipinski definition) is 9. The molecule has 0 atom stereocenters. The maximum Gasteiger partial charge on any atom is 0.490 e. The van der Waals surface area contributed by atoms with Gasteiger partial charge >= 0.3 is 12.1 Å². The molecule has 0 aliphatic heterocycles. The summed E-state index contributed by atoms with van der Waals surface area (Å²) < 4.78 is 66.8. The molecule has 0 saturated heterocycles. The average Bonchev–Trinajstić information content (AvgIpc) is 3.16. The molecule has 4 N–H and O–H groups in total. The Balaban J connectivity index is 0.000000730. The fourth-order valence-corrected chi connectivity index (χ4v) is 7.79. The molecule has 1 aromatic heterocycles. The number of nitrogens with one attached hydrogen (secondary N) is 3. The summed E-state index contributed by atoms with van der Waals surface area (Å²) in [6.45, 7) is 1.98. The van der Waals surface area contributed by atoms with Crippen LogP contribution in [0.15, 0.2) is 89.8 Å². The summed E-state index contributed by atoms with van der Waals surface area (Å²) in [6.07, 6.45) is -0.206. The van der Waals surface area contributed by atoms with Crippen molar-refractivity contribution < 1.29 is 36.2 Å². The molecule has 6 rings (SSSR count). The van der Waals surface area contributed by atoms with Gasteiger partial charge in [0.1, 0.15) is 11.6 Å². The van der Waals surface area contributed by atoms with Crippen molar-refractivity contribution >= 4 is 55.1 Å². The molecule has 0 spiro atoms. The third-order valence-electron chi connectivity index (χ3n) is 9.42. The van der Waals surface area contributed by atoms with Crippen molar-refractivity contribution in [3.05, 3.63) is 90.5 Å². The molecule has 1 fully saturated rings. The number of anilines is 3. The number of aromatic nitrogens is 2. The summed E-state index contributed by atoms with van der Waals surface area (Å²) in [5, 5.41) is 16.8. The van der Waals surface area contributed by atoms with Gasteiger partial charge in [0.2, 0.25) is 16.0 Å². The van der Waals surface area contributed by atoms with Crippen molar-refractivity contribution in [2.45, 2.75) is 43.2 Å². The van der Waals surface area contributed by atoms with Crippen LogP contribution in [0.1, 0.15) is 31.2 Å². The van der Waals surface area contributed by atoms with Gasteiger partial charge in [0, 0.05) is 55.6 Å². The smallest absolute Gasteiger partial charge is 0.490 e. The molecule has 11 nitrogen and oxygen atoms in total. The predicted molar refractivity (Wildman–Crippen MR) is 206 cm³/mol. The number of methoxy groups -OCH3 is 1. The second-order valence-electron chi connectivity index (χ2n) is 13.4. The highest BCUT2D eigenvalue weighted by Crippen LogP contribution is 2.32. The highest BCUT2D eigenvalue weighted by atomic mass is 32.2. The zero-order chi connectivity index (χ0) is 38.9. The average molecular weight is 767 g/mol. The SMILES string of the molecule is COc1ccc(CCNc2nc(NCC3CCC(CNS(=O)(=O)c4ccc(N(C)C)c5ccccc45)CC3)nc3ccccc23)cc1.O=C(O)C(F)(F)F. The van der Waals surface area contributed by atoms with Gasteiger partial charge in [-0.15, -0.1) is 0 Å². The van der Waals surface area contributed by atoms with Crippen LogP contribution in [-0.4, -0.2) is 76.5 Å². The molecule has 288 valence electrons. The van der Waals surface area contributed by atoms with Gasteiger partial charge < -0.3 is 25.4 Å². The summed E-state index contributed by atoms with van der Waals surface area (Å²) >= 11 is 0. The molecule has 0 amide bonds. The van der Waals surface area contributed by atoms with Crippen LogP contribution in [0, 0.1) is 11.8 Å². The molecule has 1 aliphatic carbocycles. The van der Waals surface area contributed by atoms with Crippen molar-refractivity contribution in [3.8, 4) is 5.75 Å². The molecule has 1 aliphatic rings. The van der Waals surface area contributed by atoms with Crippen LogP contribution in [0.2, 0.25) is 0 Å². The summed E-state index contributed by atoms with van der Waals surface area (Å²) in [7, 11) is 1.97. The van der Waals surface area contributed by atoms with E-state index >= 15 is 0 Å². The molecule has 15 heteroatoms. The summed E-state index contributed by atoms with van der Waals surface area (Å²) in [5.41, 5.74) is 3.13. The van der Waals surface area contributed by atoms with E-state index in [1.807, 2.05) is 85.7 Å². The van der Waals surface area contributed by atoms with Crippen LogP contribution in [0.4, 0.5) is 30.6 Å². The van der Waals surface area contributed by atoms with Gasteiger partial charge in [-0.2, -0.15) is 18.2 Å². The normalized spacial score (nSPS) is 16.0. The van der Waals surface area contributed by atoms with Gasteiger partial charge in [0.25, 0.3) is 0 Å². The van der Waals surface area contributed by atoms with Crippen molar-refractivity contribution in [1.82, 2.24) is 14.7 Å². The Labute approximate surface area is 313 Å². The Morgan fingerprint density at radius 1 is 0.833 bits per heavy atom.